The first-order valence-corrected chi connectivity index (χ1v) is 8.47. The summed E-state index contributed by atoms with van der Waals surface area (Å²) < 4.78 is 0. The molecule has 2 amide bonds. The van der Waals surface area contributed by atoms with E-state index in [0.717, 1.165) is 0 Å². The van der Waals surface area contributed by atoms with Crippen molar-refractivity contribution in [1.29, 1.82) is 0 Å². The number of anilines is 1. The number of amides is 2. The molecule has 0 aliphatic heterocycles. The topological polar surface area (TPSA) is 88.2 Å². The predicted octanol–water partition coefficient (Wildman–Crippen LogP) is 4.22. The molecular weight excluding hydrogens is 306 g/mol. The second-order valence-corrected chi connectivity index (χ2v) is 3.88. The van der Waals surface area contributed by atoms with Crippen LogP contribution in [0.2, 0.25) is 0 Å². The summed E-state index contributed by atoms with van der Waals surface area (Å²) in [7, 11) is 0. The standard InChI is InChI=1S/C12H15N3O3.3C2H6/c1-8(16)7-10(9(2)17)14-12(18)15-11-5-3-4-6-13-11;3*1-2/h3-6,10H,7H2,1-2H3,(H2,13,14,15,18);3*1-2H3. The van der Waals surface area contributed by atoms with E-state index >= 15 is 0 Å². The summed E-state index contributed by atoms with van der Waals surface area (Å²) in [6.07, 6.45) is 1.53. The molecule has 1 aromatic heterocycles. The van der Waals surface area contributed by atoms with Gasteiger partial charge in [0.05, 0.1) is 6.04 Å². The van der Waals surface area contributed by atoms with Crippen molar-refractivity contribution >= 4 is 23.4 Å². The third-order valence-corrected chi connectivity index (χ3v) is 2.19. The maximum Gasteiger partial charge on any atom is 0.321 e. The van der Waals surface area contributed by atoms with Crippen LogP contribution in [0.1, 0.15) is 61.8 Å². The van der Waals surface area contributed by atoms with Crippen LogP contribution in [0.4, 0.5) is 10.6 Å². The third-order valence-electron chi connectivity index (χ3n) is 2.19. The van der Waals surface area contributed by atoms with Crippen molar-refractivity contribution in [2.45, 2.75) is 67.9 Å². The lowest BCUT2D eigenvalue weighted by molar-refractivity contribution is -0.123. The zero-order valence-electron chi connectivity index (χ0n) is 16.3. The van der Waals surface area contributed by atoms with E-state index in [0.29, 0.717) is 5.82 Å². The van der Waals surface area contributed by atoms with Crippen molar-refractivity contribution in [2.24, 2.45) is 0 Å². The molecule has 24 heavy (non-hydrogen) atoms. The Morgan fingerprint density at radius 2 is 1.54 bits per heavy atom. The van der Waals surface area contributed by atoms with Gasteiger partial charge in [0.2, 0.25) is 0 Å². The van der Waals surface area contributed by atoms with E-state index in [9.17, 15) is 14.4 Å². The van der Waals surface area contributed by atoms with Crippen molar-refractivity contribution < 1.29 is 14.4 Å². The van der Waals surface area contributed by atoms with Gasteiger partial charge in [-0.3, -0.25) is 14.9 Å². The fraction of sp³-hybridized carbons (Fsp3) is 0.556. The summed E-state index contributed by atoms with van der Waals surface area (Å²) in [6, 6.07) is 3.70. The molecule has 0 saturated heterocycles. The number of ketones is 2. The number of nitrogens with one attached hydrogen (secondary N) is 2. The van der Waals surface area contributed by atoms with Gasteiger partial charge in [0, 0.05) is 12.6 Å². The molecule has 0 aromatic carbocycles. The molecule has 0 aliphatic rings. The van der Waals surface area contributed by atoms with Crippen LogP contribution in [0, 0.1) is 0 Å². The Morgan fingerprint density at radius 1 is 1.00 bits per heavy atom. The molecule has 0 saturated carbocycles. The molecule has 1 unspecified atom stereocenters. The first-order chi connectivity index (χ1) is 11.5. The highest BCUT2D eigenvalue weighted by molar-refractivity contribution is 5.95. The van der Waals surface area contributed by atoms with E-state index < -0.39 is 12.1 Å². The fourth-order valence-electron chi connectivity index (χ4n) is 1.33. The SMILES string of the molecule is CC.CC.CC.CC(=O)CC(NC(=O)Nc1ccccn1)C(C)=O. The van der Waals surface area contributed by atoms with Crippen molar-refractivity contribution in [3.8, 4) is 0 Å². The van der Waals surface area contributed by atoms with E-state index in [4.69, 9.17) is 0 Å². The number of hydrogen-bond acceptors (Lipinski definition) is 4. The van der Waals surface area contributed by atoms with E-state index in [2.05, 4.69) is 15.6 Å². The zero-order valence-corrected chi connectivity index (χ0v) is 16.3. The Kier molecular flexibility index (Phi) is 20.9. The quantitative estimate of drug-likeness (QED) is 0.840. The van der Waals surface area contributed by atoms with Crippen molar-refractivity contribution in [3.05, 3.63) is 24.4 Å². The van der Waals surface area contributed by atoms with Gasteiger partial charge >= 0.3 is 6.03 Å². The maximum absolute atomic E-state index is 11.6. The molecule has 0 radical (unpaired) electrons. The van der Waals surface area contributed by atoms with Crippen LogP contribution in [0.3, 0.4) is 0 Å². The van der Waals surface area contributed by atoms with Crippen LogP contribution in [0.25, 0.3) is 0 Å². The number of nitrogens with zero attached hydrogens (tertiary/aromatic N) is 1. The number of Topliss-reactive ketones (excluding diaryl/α,β-unsaturated/α-hetero) is 2. The zero-order chi connectivity index (χ0) is 19.5. The number of hydrogen-bond donors (Lipinski definition) is 2. The molecule has 1 atom stereocenters. The Bertz CT molecular complexity index is 448. The van der Waals surface area contributed by atoms with Crippen molar-refractivity contribution in [3.63, 3.8) is 0 Å². The van der Waals surface area contributed by atoms with Crippen molar-refractivity contribution in [2.75, 3.05) is 5.32 Å². The molecule has 0 fully saturated rings. The fourth-order valence-corrected chi connectivity index (χ4v) is 1.33. The van der Waals surface area contributed by atoms with Gasteiger partial charge < -0.3 is 5.32 Å². The minimum Gasteiger partial charge on any atom is -0.328 e. The number of carbonyl (C=O) groups is 3. The van der Waals surface area contributed by atoms with E-state index in [-0.39, 0.29) is 18.0 Å². The lowest BCUT2D eigenvalue weighted by atomic mass is 10.1. The predicted molar refractivity (Wildman–Crippen MR) is 100 cm³/mol. The van der Waals surface area contributed by atoms with Crippen molar-refractivity contribution in [1.82, 2.24) is 10.3 Å². The average molecular weight is 339 g/mol. The van der Waals surface area contributed by atoms with E-state index in [1.165, 1.54) is 20.0 Å². The molecule has 6 heteroatoms. The average Bonchev–Trinajstić information content (AvgIpc) is 2.60. The summed E-state index contributed by atoms with van der Waals surface area (Å²) in [5.41, 5.74) is 0. The molecule has 138 valence electrons. The highest BCUT2D eigenvalue weighted by Crippen LogP contribution is 2.01. The number of carbonyl (C=O) groups excluding carboxylic acids is 3. The first-order valence-electron chi connectivity index (χ1n) is 8.47. The van der Waals surface area contributed by atoms with Gasteiger partial charge in [-0.25, -0.2) is 9.78 Å². The maximum atomic E-state index is 11.6. The van der Waals surface area contributed by atoms with Gasteiger partial charge in [0.25, 0.3) is 0 Å². The number of urea groups is 1. The smallest absolute Gasteiger partial charge is 0.321 e. The summed E-state index contributed by atoms with van der Waals surface area (Å²) in [5, 5.41) is 4.91. The number of aromatic nitrogens is 1. The second kappa shape index (κ2) is 18.8. The summed E-state index contributed by atoms with van der Waals surface area (Å²) >= 11 is 0. The summed E-state index contributed by atoms with van der Waals surface area (Å²) in [5.74, 6) is -0.0464. The number of pyridine rings is 1. The normalized spacial score (nSPS) is 9.33. The van der Waals surface area contributed by atoms with E-state index in [1.54, 1.807) is 18.2 Å². The summed E-state index contributed by atoms with van der Waals surface area (Å²) in [6.45, 7) is 14.7. The minimum absolute atomic E-state index is 0.00896. The highest BCUT2D eigenvalue weighted by atomic mass is 16.2. The van der Waals surface area contributed by atoms with Gasteiger partial charge in [-0.1, -0.05) is 47.6 Å². The van der Waals surface area contributed by atoms with Gasteiger partial charge in [-0.05, 0) is 26.0 Å². The lowest BCUT2D eigenvalue weighted by Gasteiger charge is -2.14. The van der Waals surface area contributed by atoms with Gasteiger partial charge in [0.1, 0.15) is 11.6 Å². The van der Waals surface area contributed by atoms with Crippen LogP contribution >= 0.6 is 0 Å². The van der Waals surface area contributed by atoms with Gasteiger partial charge in [-0.15, -0.1) is 0 Å². The Labute approximate surface area is 146 Å². The van der Waals surface area contributed by atoms with Crippen LogP contribution in [0.5, 0.6) is 0 Å². The Hall–Kier alpha value is -2.24. The highest BCUT2D eigenvalue weighted by Gasteiger charge is 2.18. The van der Waals surface area contributed by atoms with Crippen LogP contribution in [0.15, 0.2) is 24.4 Å². The molecule has 0 aliphatic carbocycles. The monoisotopic (exact) mass is 339 g/mol. The Morgan fingerprint density at radius 3 is 1.92 bits per heavy atom. The van der Waals surface area contributed by atoms with Crippen LogP contribution in [-0.2, 0) is 9.59 Å². The molecule has 2 N–H and O–H groups in total. The van der Waals surface area contributed by atoms with Gasteiger partial charge in [0.15, 0.2) is 5.78 Å². The molecule has 1 rings (SSSR count). The first kappa shape index (κ1) is 26.6. The largest absolute Gasteiger partial charge is 0.328 e. The molecule has 1 aromatic rings. The molecule has 1 heterocycles. The third kappa shape index (κ3) is 14.7. The molecular formula is C18H33N3O3. The van der Waals surface area contributed by atoms with Crippen LogP contribution in [-0.4, -0.2) is 28.6 Å². The summed E-state index contributed by atoms with van der Waals surface area (Å²) in [4.78, 5) is 37.7. The van der Waals surface area contributed by atoms with E-state index in [1.807, 2.05) is 41.5 Å². The number of rotatable bonds is 5. The Balaban J connectivity index is -0.000000659. The van der Waals surface area contributed by atoms with Gasteiger partial charge in [-0.2, -0.15) is 0 Å². The lowest BCUT2D eigenvalue weighted by Crippen LogP contribution is -2.43. The van der Waals surface area contributed by atoms with Crippen LogP contribution < -0.4 is 10.6 Å². The molecule has 0 spiro atoms. The molecule has 6 nitrogen and oxygen atoms in total. The molecule has 0 bridgehead atoms. The second-order valence-electron chi connectivity index (χ2n) is 3.88. The minimum atomic E-state index is -0.800.